The largest absolute Gasteiger partial charge is 0.384 e. The van der Waals surface area contributed by atoms with Gasteiger partial charge in [0.2, 0.25) is 0 Å². The van der Waals surface area contributed by atoms with Gasteiger partial charge in [-0.2, -0.15) is 5.10 Å². The second kappa shape index (κ2) is 4.87. The highest BCUT2D eigenvalue weighted by molar-refractivity contribution is 5.15. The van der Waals surface area contributed by atoms with Gasteiger partial charge in [-0.1, -0.05) is 30.3 Å². The van der Waals surface area contributed by atoms with Crippen LogP contribution in [0.4, 0.5) is 0 Å². The number of nitrogens with zero attached hydrogens (tertiary/aromatic N) is 3. The quantitative estimate of drug-likeness (QED) is 0.774. The van der Waals surface area contributed by atoms with Crippen LogP contribution < -0.4 is 5.73 Å². The molecule has 5 nitrogen and oxygen atoms in total. The van der Waals surface area contributed by atoms with Crippen molar-refractivity contribution in [1.82, 2.24) is 14.8 Å². The molecule has 0 aliphatic carbocycles. The van der Waals surface area contributed by atoms with E-state index >= 15 is 0 Å². The van der Waals surface area contributed by atoms with Crippen LogP contribution in [0.15, 0.2) is 36.7 Å². The van der Waals surface area contributed by atoms with Crippen molar-refractivity contribution in [3.8, 4) is 0 Å². The molecular weight excluding hydrogens is 204 g/mol. The molecule has 16 heavy (non-hydrogen) atoms. The zero-order chi connectivity index (χ0) is 11.4. The van der Waals surface area contributed by atoms with Crippen LogP contribution in [0.25, 0.3) is 0 Å². The monoisotopic (exact) mass is 218 g/mol. The Hall–Kier alpha value is -1.72. The summed E-state index contributed by atoms with van der Waals surface area (Å²) in [5, 5.41) is 13.7. The van der Waals surface area contributed by atoms with Crippen molar-refractivity contribution in [3.05, 3.63) is 48.0 Å². The van der Waals surface area contributed by atoms with Crippen LogP contribution in [0.1, 0.15) is 17.5 Å². The van der Waals surface area contributed by atoms with Gasteiger partial charge in [0.15, 0.2) is 5.82 Å². The van der Waals surface area contributed by atoms with E-state index in [9.17, 15) is 5.11 Å². The van der Waals surface area contributed by atoms with Gasteiger partial charge in [0, 0.05) is 6.54 Å². The van der Waals surface area contributed by atoms with E-state index in [4.69, 9.17) is 5.73 Å². The van der Waals surface area contributed by atoms with Crippen molar-refractivity contribution < 1.29 is 5.11 Å². The van der Waals surface area contributed by atoms with E-state index in [0.717, 1.165) is 5.56 Å². The zero-order valence-electron chi connectivity index (χ0n) is 8.82. The molecule has 0 saturated carbocycles. The molecule has 1 aromatic heterocycles. The van der Waals surface area contributed by atoms with E-state index in [0.29, 0.717) is 12.4 Å². The van der Waals surface area contributed by atoms with Crippen LogP contribution in [0.2, 0.25) is 0 Å². The highest BCUT2D eigenvalue weighted by atomic mass is 16.3. The summed E-state index contributed by atoms with van der Waals surface area (Å²) in [5.74, 6) is 0.506. The summed E-state index contributed by atoms with van der Waals surface area (Å²) in [5.41, 5.74) is 6.50. The van der Waals surface area contributed by atoms with Crippen LogP contribution >= 0.6 is 0 Å². The number of benzene rings is 1. The van der Waals surface area contributed by atoms with Gasteiger partial charge in [0.1, 0.15) is 12.4 Å². The Kier molecular flexibility index (Phi) is 3.28. The minimum atomic E-state index is -0.758. The predicted octanol–water partition coefficient (Wildman–Crippen LogP) is 0.318. The summed E-state index contributed by atoms with van der Waals surface area (Å²) in [6.45, 7) is 0.737. The Balaban J connectivity index is 2.19. The molecule has 1 aromatic carbocycles. The van der Waals surface area contributed by atoms with E-state index in [1.165, 1.54) is 6.33 Å². The zero-order valence-corrected chi connectivity index (χ0v) is 8.82. The highest BCUT2D eigenvalue weighted by Crippen LogP contribution is 2.09. The van der Waals surface area contributed by atoms with E-state index in [-0.39, 0.29) is 6.54 Å². The maximum atomic E-state index is 9.63. The normalized spacial score (nSPS) is 12.6. The topological polar surface area (TPSA) is 77.0 Å². The molecule has 0 amide bonds. The molecule has 84 valence electrons. The summed E-state index contributed by atoms with van der Waals surface area (Å²) < 4.78 is 1.66. The van der Waals surface area contributed by atoms with Crippen LogP contribution in [0.5, 0.6) is 0 Å². The second-order valence-electron chi connectivity index (χ2n) is 3.51. The van der Waals surface area contributed by atoms with Crippen molar-refractivity contribution in [2.24, 2.45) is 5.73 Å². The number of aliphatic hydroxyl groups is 1. The third-order valence-electron chi connectivity index (χ3n) is 2.34. The first kappa shape index (κ1) is 10.8. The van der Waals surface area contributed by atoms with Gasteiger partial charge in [0.05, 0.1) is 6.54 Å². The lowest BCUT2D eigenvalue weighted by Crippen LogP contribution is -2.18. The standard InChI is InChI=1S/C11H14N4O/c12-6-10(16)11-13-8-14-15(11)7-9-4-2-1-3-5-9/h1-5,8,10,16H,6-7,12H2. The maximum Gasteiger partial charge on any atom is 0.157 e. The van der Waals surface area contributed by atoms with Crippen LogP contribution in [-0.4, -0.2) is 26.4 Å². The first-order valence-electron chi connectivity index (χ1n) is 5.11. The molecule has 0 aliphatic heterocycles. The summed E-state index contributed by atoms with van der Waals surface area (Å²) in [7, 11) is 0. The fourth-order valence-electron chi connectivity index (χ4n) is 1.51. The average Bonchev–Trinajstić information content (AvgIpc) is 2.77. The molecule has 0 bridgehead atoms. The van der Waals surface area contributed by atoms with Crippen LogP contribution in [-0.2, 0) is 6.54 Å². The summed E-state index contributed by atoms with van der Waals surface area (Å²) >= 11 is 0. The smallest absolute Gasteiger partial charge is 0.157 e. The summed E-state index contributed by atoms with van der Waals surface area (Å²) in [6.07, 6.45) is 0.670. The van der Waals surface area contributed by atoms with E-state index in [1.54, 1.807) is 4.68 Å². The Morgan fingerprint density at radius 2 is 2.06 bits per heavy atom. The number of rotatable bonds is 4. The Morgan fingerprint density at radius 3 is 2.75 bits per heavy atom. The van der Waals surface area contributed by atoms with E-state index in [1.807, 2.05) is 30.3 Å². The molecule has 2 rings (SSSR count). The van der Waals surface area contributed by atoms with Gasteiger partial charge in [0.25, 0.3) is 0 Å². The molecule has 0 aliphatic rings. The molecule has 0 fully saturated rings. The minimum absolute atomic E-state index is 0.146. The maximum absolute atomic E-state index is 9.63. The first-order chi connectivity index (χ1) is 7.81. The molecule has 1 heterocycles. The fourth-order valence-corrected chi connectivity index (χ4v) is 1.51. The van der Waals surface area contributed by atoms with Crippen molar-refractivity contribution in [1.29, 1.82) is 0 Å². The summed E-state index contributed by atoms with van der Waals surface area (Å²) in [6, 6.07) is 9.89. The van der Waals surface area contributed by atoms with Gasteiger partial charge in [-0.3, -0.25) is 0 Å². The number of hydrogen-bond donors (Lipinski definition) is 2. The van der Waals surface area contributed by atoms with Crippen LogP contribution in [0.3, 0.4) is 0 Å². The molecule has 2 aromatic rings. The molecular formula is C11H14N4O. The van der Waals surface area contributed by atoms with E-state index in [2.05, 4.69) is 10.1 Å². The highest BCUT2D eigenvalue weighted by Gasteiger charge is 2.12. The average molecular weight is 218 g/mol. The molecule has 1 unspecified atom stereocenters. The van der Waals surface area contributed by atoms with E-state index < -0.39 is 6.10 Å². The fraction of sp³-hybridized carbons (Fsp3) is 0.273. The van der Waals surface area contributed by atoms with Crippen molar-refractivity contribution in [2.45, 2.75) is 12.6 Å². The lowest BCUT2D eigenvalue weighted by molar-refractivity contribution is 0.170. The lowest BCUT2D eigenvalue weighted by Gasteiger charge is -2.09. The molecule has 1 atom stereocenters. The van der Waals surface area contributed by atoms with Crippen LogP contribution in [0, 0.1) is 0 Å². The molecule has 0 spiro atoms. The molecule has 0 radical (unpaired) electrons. The predicted molar refractivity (Wildman–Crippen MR) is 59.6 cm³/mol. The second-order valence-corrected chi connectivity index (χ2v) is 3.51. The Bertz CT molecular complexity index is 440. The van der Waals surface area contributed by atoms with Gasteiger partial charge in [-0.15, -0.1) is 0 Å². The minimum Gasteiger partial charge on any atom is -0.384 e. The van der Waals surface area contributed by atoms with Gasteiger partial charge >= 0.3 is 0 Å². The van der Waals surface area contributed by atoms with Crippen molar-refractivity contribution >= 4 is 0 Å². The number of hydrogen-bond acceptors (Lipinski definition) is 4. The molecule has 0 saturated heterocycles. The molecule has 5 heteroatoms. The third-order valence-corrected chi connectivity index (χ3v) is 2.34. The van der Waals surface area contributed by atoms with Crippen molar-refractivity contribution in [2.75, 3.05) is 6.54 Å². The lowest BCUT2D eigenvalue weighted by atomic mass is 10.2. The number of nitrogens with two attached hydrogens (primary N) is 1. The first-order valence-corrected chi connectivity index (χ1v) is 5.11. The number of aromatic nitrogens is 3. The SMILES string of the molecule is NCC(O)c1ncnn1Cc1ccccc1. The Labute approximate surface area is 93.5 Å². The summed E-state index contributed by atoms with van der Waals surface area (Å²) in [4.78, 5) is 4.00. The third kappa shape index (κ3) is 2.26. The van der Waals surface area contributed by atoms with Crippen molar-refractivity contribution in [3.63, 3.8) is 0 Å². The van der Waals surface area contributed by atoms with Gasteiger partial charge in [-0.25, -0.2) is 9.67 Å². The Morgan fingerprint density at radius 1 is 1.31 bits per heavy atom. The van der Waals surface area contributed by atoms with Gasteiger partial charge in [-0.05, 0) is 5.56 Å². The molecule has 3 N–H and O–H groups in total. The van der Waals surface area contributed by atoms with Gasteiger partial charge < -0.3 is 10.8 Å². The number of aliphatic hydroxyl groups excluding tert-OH is 1.